The molecular weight excluding hydrogens is 226 g/mol. The van der Waals surface area contributed by atoms with E-state index in [-0.39, 0.29) is 5.41 Å². The van der Waals surface area contributed by atoms with Crippen molar-refractivity contribution < 1.29 is 9.47 Å². The Hall–Kier alpha value is -0.120. The lowest BCUT2D eigenvalue weighted by Gasteiger charge is -2.53. The van der Waals surface area contributed by atoms with Crippen molar-refractivity contribution in [1.29, 1.82) is 0 Å². The molecule has 3 nitrogen and oxygen atoms in total. The smallest absolute Gasteiger partial charge is 0.0655 e. The van der Waals surface area contributed by atoms with Gasteiger partial charge in [-0.05, 0) is 39.0 Å². The first-order valence-corrected chi connectivity index (χ1v) is 7.48. The molecule has 0 aliphatic heterocycles. The molecule has 2 saturated carbocycles. The van der Waals surface area contributed by atoms with Crippen LogP contribution in [0.25, 0.3) is 0 Å². The zero-order valence-corrected chi connectivity index (χ0v) is 12.4. The maximum absolute atomic E-state index is 5.79. The van der Waals surface area contributed by atoms with Crippen molar-refractivity contribution in [2.45, 2.75) is 77.2 Å². The molecular formula is C15H29NO2. The SMILES string of the molecule is CCOC1CC(NC2CCCC(OC)C2)C1(C)C. The maximum Gasteiger partial charge on any atom is 0.0655 e. The van der Waals surface area contributed by atoms with Crippen LogP contribution in [0.1, 0.15) is 52.9 Å². The van der Waals surface area contributed by atoms with Crippen LogP contribution in [0, 0.1) is 5.41 Å². The summed E-state index contributed by atoms with van der Waals surface area (Å²) in [5.74, 6) is 0. The number of methoxy groups -OCH3 is 1. The van der Waals surface area contributed by atoms with Gasteiger partial charge in [0.15, 0.2) is 0 Å². The molecule has 18 heavy (non-hydrogen) atoms. The molecule has 2 fully saturated rings. The summed E-state index contributed by atoms with van der Waals surface area (Å²) in [6, 6.07) is 1.24. The third-order valence-electron chi connectivity index (χ3n) is 4.94. The number of ether oxygens (including phenoxy) is 2. The van der Waals surface area contributed by atoms with E-state index in [1.54, 1.807) is 0 Å². The van der Waals surface area contributed by atoms with Crippen LogP contribution in [0.2, 0.25) is 0 Å². The lowest BCUT2D eigenvalue weighted by atomic mass is 9.64. The molecule has 1 N–H and O–H groups in total. The van der Waals surface area contributed by atoms with Gasteiger partial charge in [0.05, 0.1) is 12.2 Å². The third-order valence-corrected chi connectivity index (χ3v) is 4.94. The summed E-state index contributed by atoms with van der Waals surface area (Å²) in [6.45, 7) is 7.56. The number of rotatable bonds is 5. The highest BCUT2D eigenvalue weighted by Gasteiger charge is 2.49. The van der Waals surface area contributed by atoms with E-state index in [4.69, 9.17) is 9.47 Å². The van der Waals surface area contributed by atoms with E-state index in [1.807, 2.05) is 7.11 Å². The molecule has 0 aromatic rings. The van der Waals surface area contributed by atoms with Gasteiger partial charge in [0.2, 0.25) is 0 Å². The molecule has 4 unspecified atom stereocenters. The fourth-order valence-electron chi connectivity index (χ4n) is 3.45. The molecule has 0 heterocycles. The standard InChI is InChI=1S/C15H29NO2/c1-5-18-14-10-13(15(14,2)3)16-11-7-6-8-12(9-11)17-4/h11-14,16H,5-10H2,1-4H3. The summed E-state index contributed by atoms with van der Waals surface area (Å²) in [7, 11) is 1.84. The van der Waals surface area contributed by atoms with Crippen LogP contribution in [0.3, 0.4) is 0 Å². The average molecular weight is 255 g/mol. The van der Waals surface area contributed by atoms with Crippen LogP contribution in [0.5, 0.6) is 0 Å². The van der Waals surface area contributed by atoms with Crippen LogP contribution in [0.15, 0.2) is 0 Å². The Kier molecular flexibility index (Phi) is 4.68. The predicted octanol–water partition coefficient (Wildman–Crippen LogP) is 2.74. The summed E-state index contributed by atoms with van der Waals surface area (Å²) < 4.78 is 11.3. The zero-order chi connectivity index (χ0) is 13.2. The average Bonchev–Trinajstić information content (AvgIpc) is 2.38. The van der Waals surface area contributed by atoms with Gasteiger partial charge in [-0.15, -0.1) is 0 Å². The van der Waals surface area contributed by atoms with Crippen molar-refractivity contribution in [3.8, 4) is 0 Å². The van der Waals surface area contributed by atoms with Gasteiger partial charge in [-0.2, -0.15) is 0 Å². The minimum Gasteiger partial charge on any atom is -0.381 e. The Morgan fingerprint density at radius 3 is 2.61 bits per heavy atom. The fourth-order valence-corrected chi connectivity index (χ4v) is 3.45. The first-order chi connectivity index (χ1) is 8.57. The topological polar surface area (TPSA) is 30.5 Å². The van der Waals surface area contributed by atoms with Crippen LogP contribution in [0.4, 0.5) is 0 Å². The minimum atomic E-state index is 0.274. The third kappa shape index (κ3) is 2.89. The van der Waals surface area contributed by atoms with Crippen molar-refractivity contribution in [3.63, 3.8) is 0 Å². The lowest BCUT2D eigenvalue weighted by Crippen LogP contribution is -2.63. The first kappa shape index (κ1) is 14.3. The first-order valence-electron chi connectivity index (χ1n) is 7.48. The molecule has 0 spiro atoms. The van der Waals surface area contributed by atoms with E-state index in [0.29, 0.717) is 24.3 Å². The van der Waals surface area contributed by atoms with E-state index in [1.165, 1.54) is 25.7 Å². The molecule has 2 aliphatic rings. The molecule has 0 aromatic heterocycles. The summed E-state index contributed by atoms with van der Waals surface area (Å²) in [6.07, 6.45) is 7.04. The fraction of sp³-hybridized carbons (Fsp3) is 1.00. The lowest BCUT2D eigenvalue weighted by molar-refractivity contribution is -0.118. The minimum absolute atomic E-state index is 0.274. The van der Waals surface area contributed by atoms with E-state index >= 15 is 0 Å². The van der Waals surface area contributed by atoms with Crippen molar-refractivity contribution in [1.82, 2.24) is 5.32 Å². The van der Waals surface area contributed by atoms with Gasteiger partial charge in [0, 0.05) is 31.2 Å². The molecule has 0 saturated heterocycles. The number of nitrogens with one attached hydrogen (secondary N) is 1. The van der Waals surface area contributed by atoms with Gasteiger partial charge in [-0.3, -0.25) is 0 Å². The normalized spacial score (nSPS) is 39.3. The van der Waals surface area contributed by atoms with Gasteiger partial charge in [-0.25, -0.2) is 0 Å². The van der Waals surface area contributed by atoms with Crippen molar-refractivity contribution >= 4 is 0 Å². The quantitative estimate of drug-likeness (QED) is 0.819. The molecule has 0 amide bonds. The second-order valence-corrected chi connectivity index (χ2v) is 6.44. The van der Waals surface area contributed by atoms with E-state index in [2.05, 4.69) is 26.1 Å². The van der Waals surface area contributed by atoms with Crippen LogP contribution in [-0.2, 0) is 9.47 Å². The summed E-state index contributed by atoms with van der Waals surface area (Å²) >= 11 is 0. The molecule has 2 aliphatic carbocycles. The van der Waals surface area contributed by atoms with Gasteiger partial charge in [-0.1, -0.05) is 13.8 Å². The highest BCUT2D eigenvalue weighted by molar-refractivity contribution is 5.04. The van der Waals surface area contributed by atoms with Gasteiger partial charge in [0.25, 0.3) is 0 Å². The van der Waals surface area contributed by atoms with E-state index in [0.717, 1.165) is 13.0 Å². The van der Waals surface area contributed by atoms with Gasteiger partial charge in [0.1, 0.15) is 0 Å². The van der Waals surface area contributed by atoms with E-state index in [9.17, 15) is 0 Å². The highest BCUT2D eigenvalue weighted by atomic mass is 16.5. The zero-order valence-electron chi connectivity index (χ0n) is 12.4. The Labute approximate surface area is 112 Å². The molecule has 4 atom stereocenters. The summed E-state index contributed by atoms with van der Waals surface area (Å²) in [5, 5.41) is 3.84. The summed E-state index contributed by atoms with van der Waals surface area (Å²) in [4.78, 5) is 0. The van der Waals surface area contributed by atoms with Crippen molar-refractivity contribution in [3.05, 3.63) is 0 Å². The van der Waals surface area contributed by atoms with Crippen LogP contribution >= 0.6 is 0 Å². The molecule has 3 heteroatoms. The Balaban J connectivity index is 1.80. The second kappa shape index (κ2) is 5.89. The number of hydrogen-bond acceptors (Lipinski definition) is 3. The monoisotopic (exact) mass is 255 g/mol. The van der Waals surface area contributed by atoms with Crippen LogP contribution in [-0.4, -0.2) is 38.0 Å². The van der Waals surface area contributed by atoms with Crippen molar-refractivity contribution in [2.75, 3.05) is 13.7 Å². The van der Waals surface area contributed by atoms with Crippen molar-refractivity contribution in [2.24, 2.45) is 5.41 Å². The number of hydrogen-bond donors (Lipinski definition) is 1. The van der Waals surface area contributed by atoms with E-state index < -0.39 is 0 Å². The maximum atomic E-state index is 5.79. The van der Waals surface area contributed by atoms with Gasteiger partial charge < -0.3 is 14.8 Å². The predicted molar refractivity (Wildman–Crippen MR) is 73.8 cm³/mol. The molecule has 0 bridgehead atoms. The second-order valence-electron chi connectivity index (χ2n) is 6.44. The molecule has 2 rings (SSSR count). The Bertz CT molecular complexity index is 267. The summed E-state index contributed by atoms with van der Waals surface area (Å²) in [5.41, 5.74) is 0.274. The Morgan fingerprint density at radius 2 is 2.00 bits per heavy atom. The van der Waals surface area contributed by atoms with Crippen LogP contribution < -0.4 is 5.32 Å². The highest BCUT2D eigenvalue weighted by Crippen LogP contribution is 2.43. The molecule has 106 valence electrons. The largest absolute Gasteiger partial charge is 0.381 e. The molecule has 0 radical (unpaired) electrons. The molecule has 0 aromatic carbocycles. The Morgan fingerprint density at radius 1 is 1.22 bits per heavy atom. The van der Waals surface area contributed by atoms with Gasteiger partial charge >= 0.3 is 0 Å².